The first-order chi connectivity index (χ1) is 10.1. The van der Waals surface area contributed by atoms with Crippen LogP contribution in [-0.4, -0.2) is 12.5 Å². The zero-order valence-electron chi connectivity index (χ0n) is 12.5. The monoisotopic (exact) mass is 283 g/mol. The molecule has 0 aliphatic carbocycles. The summed E-state index contributed by atoms with van der Waals surface area (Å²) in [5.41, 5.74) is 2.25. The Kier molecular flexibility index (Phi) is 5.38. The molecule has 0 aromatic heterocycles. The number of carbonyl (C=O) groups is 1. The van der Waals surface area contributed by atoms with Crippen LogP contribution in [0.3, 0.4) is 0 Å². The van der Waals surface area contributed by atoms with E-state index in [1.54, 1.807) is 0 Å². The Morgan fingerprint density at radius 2 is 1.90 bits per heavy atom. The van der Waals surface area contributed by atoms with Crippen LogP contribution in [0.25, 0.3) is 0 Å². The van der Waals surface area contributed by atoms with Crippen LogP contribution in [0.4, 0.5) is 0 Å². The molecule has 2 aromatic rings. The Morgan fingerprint density at radius 3 is 2.62 bits per heavy atom. The summed E-state index contributed by atoms with van der Waals surface area (Å²) in [7, 11) is 0. The molecule has 0 saturated heterocycles. The molecule has 2 rings (SSSR count). The summed E-state index contributed by atoms with van der Waals surface area (Å²) in [6, 6.07) is 17.8. The average molecular weight is 283 g/mol. The molecule has 0 radical (unpaired) electrons. The van der Waals surface area contributed by atoms with Crippen molar-refractivity contribution in [2.75, 3.05) is 6.61 Å². The molecule has 0 bridgehead atoms. The second-order valence-electron chi connectivity index (χ2n) is 5.11. The number of aryl methyl sites for hydroxylation is 1. The smallest absolute Gasteiger partial charge is 0.223 e. The van der Waals surface area contributed by atoms with E-state index in [1.807, 2.05) is 68.4 Å². The van der Waals surface area contributed by atoms with Gasteiger partial charge in [0.2, 0.25) is 5.91 Å². The predicted octanol–water partition coefficient (Wildman–Crippen LogP) is 3.64. The van der Waals surface area contributed by atoms with Crippen molar-refractivity contribution in [3.63, 3.8) is 0 Å². The second kappa shape index (κ2) is 7.48. The molecule has 0 spiro atoms. The molecule has 21 heavy (non-hydrogen) atoms. The third kappa shape index (κ3) is 4.95. The van der Waals surface area contributed by atoms with Crippen molar-refractivity contribution in [3.8, 4) is 5.75 Å². The highest BCUT2D eigenvalue weighted by Gasteiger charge is 2.09. The third-order valence-corrected chi connectivity index (χ3v) is 3.26. The van der Waals surface area contributed by atoms with Crippen molar-refractivity contribution in [1.29, 1.82) is 0 Å². The van der Waals surface area contributed by atoms with Crippen molar-refractivity contribution in [1.82, 2.24) is 5.32 Å². The van der Waals surface area contributed by atoms with Crippen LogP contribution in [0.5, 0.6) is 5.75 Å². The van der Waals surface area contributed by atoms with Crippen molar-refractivity contribution < 1.29 is 9.53 Å². The summed E-state index contributed by atoms with van der Waals surface area (Å²) in [4.78, 5) is 11.9. The lowest BCUT2D eigenvalue weighted by Crippen LogP contribution is -2.27. The number of amides is 1. The lowest BCUT2D eigenvalue weighted by Gasteiger charge is -2.14. The minimum absolute atomic E-state index is 0.000920. The van der Waals surface area contributed by atoms with E-state index in [0.717, 1.165) is 16.9 Å². The molecule has 3 heteroatoms. The van der Waals surface area contributed by atoms with Gasteiger partial charge >= 0.3 is 0 Å². The Labute approximate surface area is 126 Å². The number of nitrogens with one attached hydrogen (secondary N) is 1. The van der Waals surface area contributed by atoms with Crippen LogP contribution in [-0.2, 0) is 4.79 Å². The minimum Gasteiger partial charge on any atom is -0.493 e. The van der Waals surface area contributed by atoms with Crippen LogP contribution in [0.1, 0.15) is 30.5 Å². The number of benzene rings is 2. The molecular formula is C18H21NO2. The summed E-state index contributed by atoms with van der Waals surface area (Å²) in [6.45, 7) is 4.38. The molecule has 1 atom stereocenters. The summed E-state index contributed by atoms with van der Waals surface area (Å²) in [5, 5.41) is 2.97. The zero-order valence-corrected chi connectivity index (χ0v) is 12.5. The van der Waals surface area contributed by atoms with Gasteiger partial charge in [0.05, 0.1) is 19.1 Å². The Morgan fingerprint density at radius 1 is 1.14 bits per heavy atom. The van der Waals surface area contributed by atoms with E-state index >= 15 is 0 Å². The Hall–Kier alpha value is -2.29. The van der Waals surface area contributed by atoms with Crippen LogP contribution >= 0.6 is 0 Å². The molecule has 110 valence electrons. The van der Waals surface area contributed by atoms with Gasteiger partial charge in [0.15, 0.2) is 0 Å². The quantitative estimate of drug-likeness (QED) is 0.879. The van der Waals surface area contributed by atoms with Gasteiger partial charge in [-0.15, -0.1) is 0 Å². The van der Waals surface area contributed by atoms with E-state index in [1.165, 1.54) is 0 Å². The molecule has 0 saturated carbocycles. The van der Waals surface area contributed by atoms with Gasteiger partial charge in [-0.2, -0.15) is 0 Å². The van der Waals surface area contributed by atoms with Crippen LogP contribution in [0.2, 0.25) is 0 Å². The molecule has 0 fully saturated rings. The van der Waals surface area contributed by atoms with Crippen molar-refractivity contribution in [2.24, 2.45) is 0 Å². The lowest BCUT2D eigenvalue weighted by atomic mass is 10.1. The van der Waals surface area contributed by atoms with E-state index in [9.17, 15) is 4.79 Å². The number of hydrogen-bond acceptors (Lipinski definition) is 2. The van der Waals surface area contributed by atoms with Crippen molar-refractivity contribution in [2.45, 2.75) is 26.3 Å². The van der Waals surface area contributed by atoms with E-state index in [-0.39, 0.29) is 11.9 Å². The SMILES string of the molecule is Cc1cccc(OCCC(=O)NC(C)c2ccccc2)c1. The Balaban J connectivity index is 1.75. The number of ether oxygens (including phenoxy) is 1. The van der Waals surface area contributed by atoms with E-state index < -0.39 is 0 Å². The first-order valence-electron chi connectivity index (χ1n) is 7.19. The standard InChI is InChI=1S/C18H21NO2/c1-14-7-6-10-17(13-14)21-12-11-18(20)19-15(2)16-8-4-3-5-9-16/h3-10,13,15H,11-12H2,1-2H3,(H,19,20). The highest BCUT2D eigenvalue weighted by Crippen LogP contribution is 2.13. The molecule has 1 unspecified atom stereocenters. The fourth-order valence-electron chi connectivity index (χ4n) is 2.11. The van der Waals surface area contributed by atoms with Gasteiger partial charge in [-0.3, -0.25) is 4.79 Å². The molecule has 1 N–H and O–H groups in total. The third-order valence-electron chi connectivity index (χ3n) is 3.26. The van der Waals surface area contributed by atoms with Crippen LogP contribution < -0.4 is 10.1 Å². The van der Waals surface area contributed by atoms with Gasteiger partial charge in [-0.25, -0.2) is 0 Å². The normalized spacial score (nSPS) is 11.7. The molecule has 2 aromatic carbocycles. The van der Waals surface area contributed by atoms with Gasteiger partial charge in [0.25, 0.3) is 0 Å². The van der Waals surface area contributed by atoms with Crippen molar-refractivity contribution in [3.05, 3.63) is 65.7 Å². The molecule has 0 heterocycles. The van der Waals surface area contributed by atoms with Crippen LogP contribution in [0.15, 0.2) is 54.6 Å². The first kappa shape index (κ1) is 15.1. The van der Waals surface area contributed by atoms with E-state index in [2.05, 4.69) is 5.32 Å². The van der Waals surface area contributed by atoms with E-state index in [0.29, 0.717) is 13.0 Å². The topological polar surface area (TPSA) is 38.3 Å². The lowest BCUT2D eigenvalue weighted by molar-refractivity contribution is -0.122. The molecular weight excluding hydrogens is 262 g/mol. The Bertz CT molecular complexity index is 581. The average Bonchev–Trinajstić information content (AvgIpc) is 2.48. The van der Waals surface area contributed by atoms with Gasteiger partial charge in [-0.05, 0) is 37.1 Å². The largest absolute Gasteiger partial charge is 0.493 e. The van der Waals surface area contributed by atoms with Gasteiger partial charge in [0, 0.05) is 0 Å². The maximum atomic E-state index is 11.9. The number of rotatable bonds is 6. The number of hydrogen-bond donors (Lipinski definition) is 1. The summed E-state index contributed by atoms with van der Waals surface area (Å²) in [5.74, 6) is 0.804. The van der Waals surface area contributed by atoms with E-state index in [4.69, 9.17) is 4.74 Å². The van der Waals surface area contributed by atoms with Crippen LogP contribution in [0, 0.1) is 6.92 Å². The number of carbonyl (C=O) groups excluding carboxylic acids is 1. The maximum Gasteiger partial charge on any atom is 0.223 e. The zero-order chi connectivity index (χ0) is 15.1. The molecule has 1 amide bonds. The second-order valence-corrected chi connectivity index (χ2v) is 5.11. The summed E-state index contributed by atoms with van der Waals surface area (Å²) >= 11 is 0. The highest BCUT2D eigenvalue weighted by molar-refractivity contribution is 5.76. The minimum atomic E-state index is -0.000920. The first-order valence-corrected chi connectivity index (χ1v) is 7.19. The summed E-state index contributed by atoms with van der Waals surface area (Å²) in [6.07, 6.45) is 0.352. The van der Waals surface area contributed by atoms with Gasteiger partial charge < -0.3 is 10.1 Å². The maximum absolute atomic E-state index is 11.9. The fraction of sp³-hybridized carbons (Fsp3) is 0.278. The van der Waals surface area contributed by atoms with Gasteiger partial charge in [0.1, 0.15) is 5.75 Å². The predicted molar refractivity (Wildman–Crippen MR) is 84.3 cm³/mol. The molecule has 0 aliphatic heterocycles. The highest BCUT2D eigenvalue weighted by atomic mass is 16.5. The fourth-order valence-corrected chi connectivity index (χ4v) is 2.11. The van der Waals surface area contributed by atoms with Crippen molar-refractivity contribution >= 4 is 5.91 Å². The summed E-state index contributed by atoms with van der Waals surface area (Å²) < 4.78 is 5.58. The molecule has 0 aliphatic rings. The van der Waals surface area contributed by atoms with Gasteiger partial charge in [-0.1, -0.05) is 42.5 Å². The molecule has 3 nitrogen and oxygen atoms in total.